The van der Waals surface area contributed by atoms with Crippen molar-refractivity contribution < 1.29 is 4.74 Å². The zero-order valence-corrected chi connectivity index (χ0v) is 36.2. The summed E-state index contributed by atoms with van der Waals surface area (Å²) in [7, 11) is 0. The zero-order chi connectivity index (χ0) is 41.2. The number of pyridine rings is 1. The van der Waals surface area contributed by atoms with Crippen molar-refractivity contribution in [2.45, 2.75) is 97.8 Å². The second-order valence-corrected chi connectivity index (χ2v) is 19.6. The maximum Gasteiger partial charge on any atom is 0.137 e. The molecule has 3 heterocycles. The number of benzene rings is 5. The van der Waals surface area contributed by atoms with Gasteiger partial charge in [0, 0.05) is 58.3 Å². The Balaban J connectivity index is 1.14. The molecule has 0 saturated heterocycles. The van der Waals surface area contributed by atoms with E-state index in [4.69, 9.17) is 9.72 Å². The summed E-state index contributed by atoms with van der Waals surface area (Å²) in [5, 5.41) is 2.36. The van der Waals surface area contributed by atoms with E-state index in [1.54, 1.807) is 0 Å². The number of rotatable bonds is 7. The van der Waals surface area contributed by atoms with Crippen molar-refractivity contribution in [1.29, 1.82) is 0 Å². The van der Waals surface area contributed by atoms with E-state index in [-0.39, 0.29) is 21.7 Å². The van der Waals surface area contributed by atoms with E-state index < -0.39 is 0 Å². The Bertz CT molecular complexity index is 2630. The number of nitrogens with zero attached hydrogens (tertiary/aromatic N) is 4. The molecule has 8 rings (SSSR count). The highest BCUT2D eigenvalue weighted by molar-refractivity contribution is 6.09. The van der Waals surface area contributed by atoms with Crippen molar-refractivity contribution in [3.63, 3.8) is 0 Å². The number of anilines is 2. The smallest absolute Gasteiger partial charge is 0.137 e. The molecule has 58 heavy (non-hydrogen) atoms. The third-order valence-electron chi connectivity index (χ3n) is 11.9. The van der Waals surface area contributed by atoms with Gasteiger partial charge in [-0.05, 0) is 98.7 Å². The SMILES string of the molecule is CC(C)(C)c1cc(N2C=CN(c3cccc(Oc4ccc5c6ccc(C(C)(C)C)cc6n(-c6cc(C(C)(C)c7ccccc7)ccn6)c5c4)c3)C2)cc(C(C)(C)C)c1. The fraction of sp³-hybridized carbons (Fsp3) is 0.302. The van der Waals surface area contributed by atoms with Gasteiger partial charge in [-0.15, -0.1) is 0 Å². The molecule has 0 bridgehead atoms. The maximum absolute atomic E-state index is 6.71. The Hall–Kier alpha value is -5.81. The Labute approximate surface area is 345 Å². The van der Waals surface area contributed by atoms with E-state index in [1.807, 2.05) is 12.3 Å². The van der Waals surface area contributed by atoms with Crippen LogP contribution in [0.15, 0.2) is 140 Å². The molecule has 5 nitrogen and oxygen atoms in total. The molecule has 0 spiro atoms. The van der Waals surface area contributed by atoms with Crippen molar-refractivity contribution in [2.75, 3.05) is 16.5 Å². The maximum atomic E-state index is 6.71. The molecule has 5 aromatic carbocycles. The van der Waals surface area contributed by atoms with Crippen LogP contribution < -0.4 is 14.5 Å². The monoisotopic (exact) mass is 766 g/mol. The van der Waals surface area contributed by atoms with E-state index in [0.29, 0.717) is 0 Å². The molecule has 7 aromatic rings. The van der Waals surface area contributed by atoms with Gasteiger partial charge in [0.15, 0.2) is 0 Å². The van der Waals surface area contributed by atoms with Crippen LogP contribution in [0.3, 0.4) is 0 Å². The lowest BCUT2D eigenvalue weighted by molar-refractivity contribution is 0.483. The van der Waals surface area contributed by atoms with Crippen molar-refractivity contribution in [2.24, 2.45) is 0 Å². The predicted octanol–water partition coefficient (Wildman–Crippen LogP) is 13.9. The van der Waals surface area contributed by atoms with E-state index >= 15 is 0 Å². The van der Waals surface area contributed by atoms with Crippen LogP contribution in [0.2, 0.25) is 0 Å². The summed E-state index contributed by atoms with van der Waals surface area (Å²) in [6.07, 6.45) is 6.30. The third kappa shape index (κ3) is 7.51. The molecular formula is C53H58N4O. The van der Waals surface area contributed by atoms with Gasteiger partial charge in [-0.25, -0.2) is 4.98 Å². The summed E-state index contributed by atoms with van der Waals surface area (Å²) in [5.41, 5.74) is 10.8. The van der Waals surface area contributed by atoms with E-state index in [1.165, 1.54) is 44.3 Å². The van der Waals surface area contributed by atoms with Crippen LogP contribution in [0, 0.1) is 0 Å². The fourth-order valence-electron chi connectivity index (χ4n) is 7.99. The minimum Gasteiger partial charge on any atom is -0.457 e. The van der Waals surface area contributed by atoms with Crippen LogP contribution in [-0.4, -0.2) is 16.2 Å². The molecule has 0 amide bonds. The van der Waals surface area contributed by atoms with Gasteiger partial charge in [0.25, 0.3) is 0 Å². The molecule has 0 fully saturated rings. The van der Waals surface area contributed by atoms with Crippen molar-refractivity contribution in [1.82, 2.24) is 9.55 Å². The standard InChI is InChI=1S/C53H58N4O/c1-50(2,3)37-20-22-45-46-23-21-44(34-48(46)57(47(45)31-37)49-32-38(24-25-54-49)53(10,11)36-16-13-12-14-17-36)58-43-19-15-18-41(33-43)55-26-27-56(35-55)42-29-39(51(4,5)6)28-40(30-42)52(7,8)9/h12-34H,35H2,1-11H3. The molecule has 1 aliphatic rings. The molecule has 0 radical (unpaired) electrons. The molecule has 0 saturated carbocycles. The van der Waals surface area contributed by atoms with Gasteiger partial charge in [0.05, 0.1) is 17.7 Å². The summed E-state index contributed by atoms with van der Waals surface area (Å²) >= 11 is 0. The topological polar surface area (TPSA) is 33.5 Å². The largest absolute Gasteiger partial charge is 0.457 e. The second-order valence-electron chi connectivity index (χ2n) is 19.6. The summed E-state index contributed by atoms with van der Waals surface area (Å²) in [5.74, 6) is 2.45. The zero-order valence-electron chi connectivity index (χ0n) is 36.2. The summed E-state index contributed by atoms with van der Waals surface area (Å²) < 4.78 is 9.02. The lowest BCUT2D eigenvalue weighted by Gasteiger charge is -2.29. The Morgan fingerprint density at radius 1 is 0.466 bits per heavy atom. The highest BCUT2D eigenvalue weighted by atomic mass is 16.5. The lowest BCUT2D eigenvalue weighted by Crippen LogP contribution is -2.26. The number of hydrogen-bond acceptors (Lipinski definition) is 4. The molecular weight excluding hydrogens is 709 g/mol. The van der Waals surface area contributed by atoms with Gasteiger partial charge in [0.1, 0.15) is 17.3 Å². The van der Waals surface area contributed by atoms with Crippen LogP contribution in [-0.2, 0) is 21.7 Å². The quantitative estimate of drug-likeness (QED) is 0.162. The number of hydrogen-bond donors (Lipinski definition) is 0. The van der Waals surface area contributed by atoms with E-state index in [9.17, 15) is 0 Å². The Morgan fingerprint density at radius 3 is 1.72 bits per heavy atom. The van der Waals surface area contributed by atoms with Crippen LogP contribution in [0.1, 0.15) is 104 Å². The Kier molecular flexibility index (Phi) is 9.58. The predicted molar refractivity (Wildman–Crippen MR) is 245 cm³/mol. The van der Waals surface area contributed by atoms with Crippen LogP contribution >= 0.6 is 0 Å². The van der Waals surface area contributed by atoms with Gasteiger partial charge in [-0.2, -0.15) is 0 Å². The first-order chi connectivity index (χ1) is 27.4. The minimum atomic E-state index is -0.207. The molecule has 5 heteroatoms. The lowest BCUT2D eigenvalue weighted by atomic mass is 9.78. The highest BCUT2D eigenvalue weighted by Gasteiger charge is 2.26. The average molecular weight is 767 g/mol. The van der Waals surface area contributed by atoms with Crippen LogP contribution in [0.5, 0.6) is 11.5 Å². The van der Waals surface area contributed by atoms with Crippen molar-refractivity contribution >= 4 is 33.2 Å². The fourth-order valence-corrected chi connectivity index (χ4v) is 7.99. The van der Waals surface area contributed by atoms with Crippen LogP contribution in [0.4, 0.5) is 11.4 Å². The van der Waals surface area contributed by atoms with Crippen molar-refractivity contribution in [3.8, 4) is 17.3 Å². The number of fused-ring (bicyclic) bond motifs is 3. The molecule has 2 aromatic heterocycles. The third-order valence-corrected chi connectivity index (χ3v) is 11.9. The van der Waals surface area contributed by atoms with Gasteiger partial charge >= 0.3 is 0 Å². The van der Waals surface area contributed by atoms with Gasteiger partial charge < -0.3 is 14.5 Å². The second kappa shape index (κ2) is 14.2. The first-order valence-corrected chi connectivity index (χ1v) is 20.6. The van der Waals surface area contributed by atoms with Crippen molar-refractivity contribution in [3.05, 3.63) is 168 Å². The number of ether oxygens (including phenoxy) is 1. The molecule has 0 N–H and O–H groups in total. The minimum absolute atomic E-state index is 0.00721. The molecule has 0 unspecified atom stereocenters. The average Bonchev–Trinajstić information content (AvgIpc) is 3.81. The highest BCUT2D eigenvalue weighted by Crippen LogP contribution is 2.40. The first kappa shape index (κ1) is 39.0. The Morgan fingerprint density at radius 2 is 1.07 bits per heavy atom. The van der Waals surface area contributed by atoms with Crippen LogP contribution in [0.25, 0.3) is 27.6 Å². The van der Waals surface area contributed by atoms with Gasteiger partial charge in [-0.1, -0.05) is 131 Å². The normalized spacial score (nSPS) is 13.9. The molecule has 0 aliphatic carbocycles. The first-order valence-electron chi connectivity index (χ1n) is 20.6. The molecule has 1 aliphatic heterocycles. The molecule has 0 atom stereocenters. The van der Waals surface area contributed by atoms with E-state index in [2.05, 4.69) is 218 Å². The number of aromatic nitrogens is 2. The summed E-state index contributed by atoms with van der Waals surface area (Å²) in [4.78, 5) is 9.63. The van der Waals surface area contributed by atoms with E-state index in [0.717, 1.165) is 40.7 Å². The molecule has 296 valence electrons. The van der Waals surface area contributed by atoms with Gasteiger partial charge in [0.2, 0.25) is 0 Å². The summed E-state index contributed by atoms with van der Waals surface area (Å²) in [6.45, 7) is 25.8. The van der Waals surface area contributed by atoms with Gasteiger partial charge in [-0.3, -0.25) is 4.57 Å². The summed E-state index contributed by atoms with van der Waals surface area (Å²) in [6, 6.07) is 43.9.